The zero-order valence-electron chi connectivity index (χ0n) is 12.3. The molecule has 0 aliphatic carbocycles. The van der Waals surface area contributed by atoms with E-state index in [1.165, 1.54) is 12.1 Å². The van der Waals surface area contributed by atoms with E-state index in [-0.39, 0.29) is 17.5 Å². The van der Waals surface area contributed by atoms with Crippen LogP contribution in [0.4, 0.5) is 21.7 Å². The summed E-state index contributed by atoms with van der Waals surface area (Å²) in [6.07, 6.45) is 0. The van der Waals surface area contributed by atoms with Crippen LogP contribution in [0.5, 0.6) is 0 Å². The Hall–Kier alpha value is -2.99. The van der Waals surface area contributed by atoms with Gasteiger partial charge in [-0.15, -0.1) is 10.2 Å². The predicted octanol–water partition coefficient (Wildman–Crippen LogP) is 4.27. The van der Waals surface area contributed by atoms with Crippen LogP contribution >= 0.6 is 11.6 Å². The van der Waals surface area contributed by atoms with Gasteiger partial charge in [0.05, 0.1) is 10.6 Å². The molecule has 0 unspecified atom stereocenters. The maximum absolute atomic E-state index is 13.1. The zero-order chi connectivity index (χ0) is 16.9. The normalized spacial score (nSPS) is 10.2. The molecular weight excluding hydrogens is 331 g/mol. The van der Waals surface area contributed by atoms with E-state index in [0.29, 0.717) is 22.1 Å². The summed E-state index contributed by atoms with van der Waals surface area (Å²) < 4.78 is 13.1. The van der Waals surface area contributed by atoms with Gasteiger partial charge < -0.3 is 10.6 Å². The fourth-order valence-electron chi connectivity index (χ4n) is 2.01. The number of carbonyl (C=O) groups excluding carboxylic acids is 1. The lowest BCUT2D eigenvalue weighted by molar-refractivity contribution is 0.102. The quantitative estimate of drug-likeness (QED) is 0.743. The molecule has 0 aliphatic heterocycles. The molecule has 5 nitrogen and oxygen atoms in total. The Bertz CT molecular complexity index is 870. The maximum atomic E-state index is 13.1. The SMILES string of the molecule is O=C(Nc1ccc(Nc2cccc(F)c2)nn1)c1ccccc1Cl. The number of hydrogen-bond donors (Lipinski definition) is 2. The zero-order valence-corrected chi connectivity index (χ0v) is 13.1. The Labute approximate surface area is 142 Å². The van der Waals surface area contributed by atoms with Gasteiger partial charge in [-0.25, -0.2) is 4.39 Å². The molecule has 0 radical (unpaired) electrons. The van der Waals surface area contributed by atoms with Crippen molar-refractivity contribution in [2.75, 3.05) is 10.6 Å². The van der Waals surface area contributed by atoms with Gasteiger partial charge in [0.15, 0.2) is 11.6 Å². The van der Waals surface area contributed by atoms with Gasteiger partial charge in [0, 0.05) is 5.69 Å². The molecule has 1 aromatic heterocycles. The van der Waals surface area contributed by atoms with Crippen LogP contribution in [-0.4, -0.2) is 16.1 Å². The van der Waals surface area contributed by atoms with E-state index >= 15 is 0 Å². The molecule has 24 heavy (non-hydrogen) atoms. The van der Waals surface area contributed by atoms with Gasteiger partial charge in [-0.05, 0) is 42.5 Å². The summed E-state index contributed by atoms with van der Waals surface area (Å²) in [5.74, 6) is -0.0154. The van der Waals surface area contributed by atoms with E-state index in [1.807, 2.05) is 0 Å². The lowest BCUT2D eigenvalue weighted by atomic mass is 10.2. The lowest BCUT2D eigenvalue weighted by Crippen LogP contribution is -2.14. The fraction of sp³-hybridized carbons (Fsp3) is 0. The monoisotopic (exact) mass is 342 g/mol. The average molecular weight is 343 g/mol. The molecule has 0 aliphatic rings. The Morgan fingerprint density at radius 2 is 1.71 bits per heavy atom. The molecule has 2 aromatic carbocycles. The molecule has 1 amide bonds. The Balaban J connectivity index is 1.68. The van der Waals surface area contributed by atoms with Crippen LogP contribution in [0.3, 0.4) is 0 Å². The van der Waals surface area contributed by atoms with Crippen molar-refractivity contribution in [3.05, 3.63) is 77.1 Å². The minimum Gasteiger partial charge on any atom is -0.339 e. The number of nitrogens with zero attached hydrogens (tertiary/aromatic N) is 2. The first-order valence-electron chi connectivity index (χ1n) is 7.04. The number of carbonyl (C=O) groups is 1. The highest BCUT2D eigenvalue weighted by atomic mass is 35.5. The van der Waals surface area contributed by atoms with Crippen LogP contribution in [0.25, 0.3) is 0 Å². The Morgan fingerprint density at radius 3 is 2.42 bits per heavy atom. The van der Waals surface area contributed by atoms with Crippen LogP contribution in [0.2, 0.25) is 5.02 Å². The number of amides is 1. The molecule has 0 fully saturated rings. The van der Waals surface area contributed by atoms with Crippen LogP contribution < -0.4 is 10.6 Å². The fourth-order valence-corrected chi connectivity index (χ4v) is 2.23. The molecule has 0 bridgehead atoms. The topological polar surface area (TPSA) is 66.9 Å². The van der Waals surface area contributed by atoms with Gasteiger partial charge in [-0.1, -0.05) is 29.8 Å². The average Bonchev–Trinajstić information content (AvgIpc) is 2.57. The van der Waals surface area contributed by atoms with Gasteiger partial charge in [0.1, 0.15) is 5.82 Å². The highest BCUT2D eigenvalue weighted by molar-refractivity contribution is 6.34. The van der Waals surface area contributed by atoms with E-state index < -0.39 is 0 Å². The van der Waals surface area contributed by atoms with Gasteiger partial charge in [-0.3, -0.25) is 4.79 Å². The minimum atomic E-state index is -0.374. The number of aromatic nitrogens is 2. The smallest absolute Gasteiger partial charge is 0.258 e. The largest absolute Gasteiger partial charge is 0.339 e. The molecule has 120 valence electrons. The highest BCUT2D eigenvalue weighted by Gasteiger charge is 2.10. The number of hydrogen-bond acceptors (Lipinski definition) is 4. The van der Waals surface area contributed by atoms with E-state index in [9.17, 15) is 9.18 Å². The summed E-state index contributed by atoms with van der Waals surface area (Å²) in [4.78, 5) is 12.1. The van der Waals surface area contributed by atoms with E-state index in [2.05, 4.69) is 20.8 Å². The summed E-state index contributed by atoms with van der Waals surface area (Å²) in [5.41, 5.74) is 0.903. The molecule has 0 saturated carbocycles. The van der Waals surface area contributed by atoms with Crippen molar-refractivity contribution < 1.29 is 9.18 Å². The van der Waals surface area contributed by atoms with E-state index in [4.69, 9.17) is 11.6 Å². The molecule has 0 saturated heterocycles. The minimum absolute atomic E-state index is 0.282. The van der Waals surface area contributed by atoms with Crippen LogP contribution in [-0.2, 0) is 0 Å². The van der Waals surface area contributed by atoms with Crippen molar-refractivity contribution in [1.82, 2.24) is 10.2 Å². The van der Waals surface area contributed by atoms with Gasteiger partial charge in [0.2, 0.25) is 0 Å². The third-order valence-electron chi connectivity index (χ3n) is 3.12. The summed E-state index contributed by atoms with van der Waals surface area (Å²) in [5, 5.41) is 13.7. The lowest BCUT2D eigenvalue weighted by Gasteiger charge is -2.07. The second kappa shape index (κ2) is 7.06. The molecule has 1 heterocycles. The molecule has 2 N–H and O–H groups in total. The predicted molar refractivity (Wildman–Crippen MR) is 91.1 cm³/mol. The van der Waals surface area contributed by atoms with E-state index in [1.54, 1.807) is 48.5 Å². The highest BCUT2D eigenvalue weighted by Crippen LogP contribution is 2.18. The van der Waals surface area contributed by atoms with Crippen LogP contribution in [0, 0.1) is 5.82 Å². The van der Waals surface area contributed by atoms with Crippen molar-refractivity contribution in [3.8, 4) is 0 Å². The molecule has 3 rings (SSSR count). The first-order chi connectivity index (χ1) is 11.6. The number of benzene rings is 2. The van der Waals surface area contributed by atoms with Crippen molar-refractivity contribution >= 4 is 34.8 Å². The van der Waals surface area contributed by atoms with Crippen LogP contribution in [0.15, 0.2) is 60.7 Å². The molecule has 3 aromatic rings. The number of anilines is 3. The third kappa shape index (κ3) is 3.85. The second-order valence-electron chi connectivity index (χ2n) is 4.87. The molecule has 7 heteroatoms. The van der Waals surface area contributed by atoms with Gasteiger partial charge in [-0.2, -0.15) is 0 Å². The van der Waals surface area contributed by atoms with Crippen molar-refractivity contribution in [1.29, 1.82) is 0 Å². The Kier molecular flexibility index (Phi) is 4.67. The van der Waals surface area contributed by atoms with Crippen molar-refractivity contribution in [2.45, 2.75) is 0 Å². The number of halogens is 2. The van der Waals surface area contributed by atoms with Crippen molar-refractivity contribution in [3.63, 3.8) is 0 Å². The van der Waals surface area contributed by atoms with Crippen molar-refractivity contribution in [2.24, 2.45) is 0 Å². The first kappa shape index (κ1) is 15.9. The second-order valence-corrected chi connectivity index (χ2v) is 5.28. The van der Waals surface area contributed by atoms with Crippen LogP contribution in [0.1, 0.15) is 10.4 Å². The molecular formula is C17H12ClFN4O. The first-order valence-corrected chi connectivity index (χ1v) is 7.42. The summed E-state index contributed by atoms with van der Waals surface area (Å²) in [7, 11) is 0. The van der Waals surface area contributed by atoms with Gasteiger partial charge in [0.25, 0.3) is 5.91 Å². The Morgan fingerprint density at radius 1 is 0.958 bits per heavy atom. The molecule has 0 spiro atoms. The summed E-state index contributed by atoms with van der Waals surface area (Å²) in [6.45, 7) is 0. The molecule has 0 atom stereocenters. The van der Waals surface area contributed by atoms with E-state index in [0.717, 1.165) is 0 Å². The van der Waals surface area contributed by atoms with Gasteiger partial charge >= 0.3 is 0 Å². The third-order valence-corrected chi connectivity index (χ3v) is 3.45. The summed E-state index contributed by atoms with van der Waals surface area (Å²) >= 11 is 5.98. The summed E-state index contributed by atoms with van der Waals surface area (Å²) in [6, 6.07) is 15.9. The number of rotatable bonds is 4. The maximum Gasteiger partial charge on any atom is 0.258 e. The standard InChI is InChI=1S/C17H12ClFN4O/c18-14-7-2-1-6-13(14)17(24)21-16-9-8-15(22-23-16)20-12-5-3-4-11(19)10-12/h1-10H,(H,20,22)(H,21,23,24). The number of nitrogens with one attached hydrogen (secondary N) is 2.